The molecule has 10 nitrogen and oxygen atoms in total. The molecule has 82 heavy (non-hydrogen) atoms. The van der Waals surface area contributed by atoms with Crippen LogP contribution in [0.3, 0.4) is 0 Å². The fraction of sp³-hybridized carbons (Fsp3) is 0.0145. The molecule has 0 saturated carbocycles. The first kappa shape index (κ1) is 48.9. The van der Waals surface area contributed by atoms with Gasteiger partial charge in [-0.15, -0.1) is 0 Å². The number of para-hydroxylation sites is 2. The highest BCUT2D eigenvalue weighted by Crippen LogP contribution is 2.47. The number of halogens is 3. The number of benzene rings is 10. The fourth-order valence-electron chi connectivity index (χ4n) is 11.0. The molecular formula is C69H39F3N10. The molecule has 0 aliphatic carbocycles. The van der Waals surface area contributed by atoms with Crippen molar-refractivity contribution in [3.05, 3.63) is 253 Å². The lowest BCUT2D eigenvalue weighted by molar-refractivity contribution is -0.137. The zero-order valence-electron chi connectivity index (χ0n) is 43.1. The molecule has 0 N–H and O–H groups in total. The lowest BCUT2D eigenvalue weighted by Crippen LogP contribution is -2.11. The summed E-state index contributed by atoms with van der Waals surface area (Å²) in [7, 11) is 0. The molecule has 0 radical (unpaired) electrons. The smallest absolute Gasteiger partial charge is 0.308 e. The third-order valence-electron chi connectivity index (χ3n) is 14.7. The van der Waals surface area contributed by atoms with Crippen LogP contribution < -0.4 is 0 Å². The molecule has 0 aliphatic rings. The average molecular weight is 1070 g/mol. The van der Waals surface area contributed by atoms with Crippen LogP contribution in [0.25, 0.3) is 134 Å². The summed E-state index contributed by atoms with van der Waals surface area (Å²) >= 11 is 0. The van der Waals surface area contributed by atoms with Crippen molar-refractivity contribution in [3.8, 4) is 103 Å². The number of rotatable bonds is 9. The summed E-state index contributed by atoms with van der Waals surface area (Å²) in [6.07, 6.45) is -4.94. The Kier molecular flexibility index (Phi) is 11.8. The van der Waals surface area contributed by atoms with Crippen molar-refractivity contribution in [2.45, 2.75) is 6.18 Å². The molecular weight excluding hydrogens is 1030 g/mol. The number of hydrogen-bond acceptors (Lipinski definition) is 8. The van der Waals surface area contributed by atoms with E-state index in [9.17, 15) is 10.5 Å². The summed E-state index contributed by atoms with van der Waals surface area (Å²) in [6.45, 7) is 0. The average Bonchev–Trinajstić information content (AvgIpc) is 2.94. The Labute approximate surface area is 466 Å². The Bertz CT molecular complexity index is 4550. The number of alkyl halides is 3. The van der Waals surface area contributed by atoms with Crippen molar-refractivity contribution in [3.63, 3.8) is 0 Å². The summed E-state index contributed by atoms with van der Waals surface area (Å²) in [6, 6.07) is 76.8. The highest BCUT2D eigenvalue weighted by atomic mass is 19.4. The molecule has 14 aromatic rings. The minimum Gasteiger partial charge on any atom is -0.308 e. The van der Waals surface area contributed by atoms with Crippen LogP contribution in [-0.2, 0) is 6.18 Å². The third-order valence-corrected chi connectivity index (χ3v) is 14.7. The van der Waals surface area contributed by atoms with Gasteiger partial charge in [-0.1, -0.05) is 188 Å². The van der Waals surface area contributed by atoms with E-state index in [0.717, 1.165) is 49.9 Å². The van der Waals surface area contributed by atoms with Gasteiger partial charge in [0, 0.05) is 60.5 Å². The van der Waals surface area contributed by atoms with Crippen molar-refractivity contribution in [1.82, 2.24) is 39.0 Å². The Morgan fingerprint density at radius 2 is 0.659 bits per heavy atom. The molecule has 0 amide bonds. The van der Waals surface area contributed by atoms with E-state index in [1.807, 2.05) is 221 Å². The van der Waals surface area contributed by atoms with Gasteiger partial charge in [0.15, 0.2) is 34.9 Å². The largest absolute Gasteiger partial charge is 0.417 e. The van der Waals surface area contributed by atoms with Crippen molar-refractivity contribution in [2.75, 3.05) is 0 Å². The lowest BCUT2D eigenvalue weighted by atomic mass is 9.92. The molecule has 0 saturated heterocycles. The van der Waals surface area contributed by atoms with E-state index in [4.69, 9.17) is 29.9 Å². The van der Waals surface area contributed by atoms with Gasteiger partial charge in [0.25, 0.3) is 0 Å². The fourth-order valence-corrected chi connectivity index (χ4v) is 11.0. The van der Waals surface area contributed by atoms with Crippen LogP contribution in [0.15, 0.2) is 237 Å². The molecule has 14 rings (SSSR count). The van der Waals surface area contributed by atoms with Crippen molar-refractivity contribution < 1.29 is 13.2 Å². The number of aromatic nitrogens is 8. The topological polar surface area (TPSA) is 135 Å². The summed E-state index contributed by atoms with van der Waals surface area (Å²) < 4.78 is 52.0. The van der Waals surface area contributed by atoms with Crippen molar-refractivity contribution >= 4 is 43.6 Å². The van der Waals surface area contributed by atoms with Gasteiger partial charge in [0.1, 0.15) is 0 Å². The molecule has 386 valence electrons. The predicted octanol–water partition coefficient (Wildman–Crippen LogP) is 16.7. The maximum atomic E-state index is 16.0. The minimum absolute atomic E-state index is 0.146. The maximum absolute atomic E-state index is 16.0. The Morgan fingerprint density at radius 3 is 1.02 bits per heavy atom. The van der Waals surface area contributed by atoms with Crippen LogP contribution in [0.4, 0.5) is 13.2 Å². The van der Waals surface area contributed by atoms with Gasteiger partial charge < -0.3 is 9.13 Å². The maximum Gasteiger partial charge on any atom is 0.417 e. The van der Waals surface area contributed by atoms with E-state index in [1.165, 1.54) is 12.1 Å². The van der Waals surface area contributed by atoms with Crippen LogP contribution in [0.5, 0.6) is 0 Å². The van der Waals surface area contributed by atoms with E-state index in [2.05, 4.69) is 6.07 Å². The summed E-state index contributed by atoms with van der Waals surface area (Å²) in [5.41, 5.74) is 6.36. The normalized spacial score (nSPS) is 11.6. The van der Waals surface area contributed by atoms with Gasteiger partial charge in [0.2, 0.25) is 0 Å². The second-order valence-electron chi connectivity index (χ2n) is 19.6. The van der Waals surface area contributed by atoms with E-state index in [1.54, 1.807) is 12.1 Å². The molecule has 0 atom stereocenters. The van der Waals surface area contributed by atoms with E-state index >= 15 is 13.2 Å². The highest BCUT2D eigenvalue weighted by molar-refractivity contribution is 6.13. The molecule has 10 aromatic carbocycles. The second kappa shape index (κ2) is 19.8. The van der Waals surface area contributed by atoms with Gasteiger partial charge in [0.05, 0.1) is 62.3 Å². The number of nitrogens with zero attached hydrogens (tertiary/aromatic N) is 10. The molecule has 0 bridgehead atoms. The van der Waals surface area contributed by atoms with Gasteiger partial charge in [-0.25, -0.2) is 29.9 Å². The Morgan fingerprint density at radius 1 is 0.317 bits per heavy atom. The van der Waals surface area contributed by atoms with Gasteiger partial charge in [-0.3, -0.25) is 0 Å². The van der Waals surface area contributed by atoms with E-state index < -0.39 is 11.7 Å². The van der Waals surface area contributed by atoms with Crippen LogP contribution in [0, 0.1) is 22.7 Å². The molecule has 0 aliphatic heterocycles. The van der Waals surface area contributed by atoms with Crippen molar-refractivity contribution in [2.24, 2.45) is 0 Å². The zero-order valence-corrected chi connectivity index (χ0v) is 43.1. The first-order chi connectivity index (χ1) is 40.2. The van der Waals surface area contributed by atoms with Crippen LogP contribution >= 0.6 is 0 Å². The van der Waals surface area contributed by atoms with Gasteiger partial charge >= 0.3 is 6.18 Å². The first-order valence-electron chi connectivity index (χ1n) is 26.2. The van der Waals surface area contributed by atoms with Gasteiger partial charge in [-0.05, 0) is 54.1 Å². The summed E-state index contributed by atoms with van der Waals surface area (Å²) in [5, 5.41) is 24.5. The van der Waals surface area contributed by atoms with Crippen LogP contribution in [-0.4, -0.2) is 39.0 Å². The quantitative estimate of drug-likeness (QED) is 0.139. The van der Waals surface area contributed by atoms with E-state index in [0.29, 0.717) is 68.1 Å². The van der Waals surface area contributed by atoms with Crippen LogP contribution in [0.2, 0.25) is 0 Å². The second-order valence-corrected chi connectivity index (χ2v) is 19.6. The molecule has 0 fully saturated rings. The Balaban J connectivity index is 1.08. The number of hydrogen-bond donors (Lipinski definition) is 0. The van der Waals surface area contributed by atoms with E-state index in [-0.39, 0.29) is 33.6 Å². The molecule has 13 heteroatoms. The lowest BCUT2D eigenvalue weighted by Gasteiger charge is -2.23. The molecule has 0 unspecified atom stereocenters. The highest BCUT2D eigenvalue weighted by Gasteiger charge is 2.36. The Hall–Kier alpha value is -11.4. The molecule has 4 aromatic heterocycles. The van der Waals surface area contributed by atoms with Crippen LogP contribution in [0.1, 0.15) is 16.7 Å². The van der Waals surface area contributed by atoms with Gasteiger partial charge in [-0.2, -0.15) is 23.7 Å². The zero-order chi connectivity index (χ0) is 55.5. The minimum atomic E-state index is -4.94. The first-order valence-corrected chi connectivity index (χ1v) is 26.2. The predicted molar refractivity (Wildman–Crippen MR) is 314 cm³/mol. The third kappa shape index (κ3) is 8.54. The molecule has 4 heterocycles. The standard InChI is InChI=1S/C69H39F3N10/c70-69(71,72)55-35-42(40-73)29-32-54(55)62-60(81-56-27-15-13-25-50(56)52-33-30-48(38-58(52)81)67-77-63(44-17-5-1-6-18-44)75-64(78-67)45-19-7-2-8-20-45)36-43(41-74)37-61(62)82-57-28-16-14-26-51(57)53-34-31-49(39-59(53)82)68-79-65(46-21-9-3-10-22-46)76-66(80-68)47-23-11-4-12-24-47/h1-39H. The number of fused-ring (bicyclic) bond motifs is 6. The summed E-state index contributed by atoms with van der Waals surface area (Å²) in [4.78, 5) is 30.0. The SMILES string of the molecule is N#Cc1cc(-n2c3ccccc3c3ccc(-c4nc(-c5ccccc5)nc(-c5ccccc5)n4)cc32)c(-c2ccc(C#N)cc2C(F)(F)F)c(-n2c3ccccc3c3ccc(-c4nc(-c5ccccc5)nc(-c5ccccc5)n4)cc32)c1. The monoisotopic (exact) mass is 1060 g/mol. The number of nitriles is 2. The van der Waals surface area contributed by atoms with Crippen molar-refractivity contribution in [1.29, 1.82) is 10.5 Å². The molecule has 0 spiro atoms. The summed E-state index contributed by atoms with van der Waals surface area (Å²) in [5.74, 6) is 2.57.